The van der Waals surface area contributed by atoms with Gasteiger partial charge in [-0.1, -0.05) is 0 Å². The van der Waals surface area contributed by atoms with Crippen LogP contribution in [0.2, 0.25) is 0 Å². The van der Waals surface area contributed by atoms with E-state index in [0.29, 0.717) is 23.3 Å². The number of rotatable bonds is 3. The monoisotopic (exact) mass is 507 g/mol. The van der Waals surface area contributed by atoms with Crippen molar-refractivity contribution in [3.05, 3.63) is 93.3 Å². The molecule has 0 radical (unpaired) electrons. The van der Waals surface area contributed by atoms with Crippen LogP contribution in [0.1, 0.15) is 22.7 Å². The number of nitrogens with one attached hydrogen (secondary N) is 1. The molecule has 2 unspecified atom stereocenters. The van der Waals surface area contributed by atoms with Crippen molar-refractivity contribution in [2.45, 2.75) is 25.1 Å². The van der Waals surface area contributed by atoms with Crippen molar-refractivity contribution in [1.82, 2.24) is 15.1 Å². The molecule has 3 N–H and O–H groups in total. The van der Waals surface area contributed by atoms with E-state index in [0.717, 1.165) is 18.3 Å². The Labute approximate surface area is 200 Å². The molecule has 0 spiro atoms. The summed E-state index contributed by atoms with van der Waals surface area (Å²) < 4.78 is 69.0. The molecule has 1 saturated heterocycles. The molecular formula is C24H18F5N3O4. The van der Waals surface area contributed by atoms with Crippen molar-refractivity contribution in [2.24, 2.45) is 0 Å². The Morgan fingerprint density at radius 2 is 1.69 bits per heavy atom. The van der Waals surface area contributed by atoms with E-state index in [1.54, 1.807) is 0 Å². The molecule has 1 fully saturated rings. The van der Waals surface area contributed by atoms with Gasteiger partial charge in [-0.15, -0.1) is 0 Å². The molecule has 3 aliphatic rings. The molecule has 7 nitrogen and oxygen atoms in total. The van der Waals surface area contributed by atoms with Crippen LogP contribution < -0.4 is 5.32 Å². The van der Waals surface area contributed by atoms with Gasteiger partial charge in [0.1, 0.15) is 29.3 Å². The number of aliphatic hydroxyl groups is 2. The molecule has 0 aliphatic carbocycles. The third-order valence-corrected chi connectivity index (χ3v) is 6.54. The first-order chi connectivity index (χ1) is 17.1. The van der Waals surface area contributed by atoms with Crippen molar-refractivity contribution in [1.29, 1.82) is 0 Å². The molecule has 3 aliphatic heterocycles. The average molecular weight is 507 g/mol. The Balaban J connectivity index is 1.50. The number of halogens is 5. The van der Waals surface area contributed by atoms with Crippen molar-refractivity contribution in [3.8, 4) is 0 Å². The zero-order valence-electron chi connectivity index (χ0n) is 18.4. The van der Waals surface area contributed by atoms with Crippen molar-refractivity contribution >= 4 is 11.8 Å². The predicted molar refractivity (Wildman–Crippen MR) is 113 cm³/mol. The molecule has 12 heteroatoms. The van der Waals surface area contributed by atoms with Crippen LogP contribution in [0.3, 0.4) is 0 Å². The van der Waals surface area contributed by atoms with Gasteiger partial charge in [-0.25, -0.2) is 22.0 Å². The van der Waals surface area contributed by atoms with E-state index in [-0.39, 0.29) is 25.2 Å². The number of aliphatic hydroxyl groups excluding tert-OH is 2. The molecule has 2 atom stereocenters. The number of amides is 2. The molecule has 3 heterocycles. The molecule has 2 aromatic rings. The average Bonchev–Trinajstić information content (AvgIpc) is 2.97. The van der Waals surface area contributed by atoms with Crippen LogP contribution in [0, 0.1) is 29.1 Å². The number of carbonyl (C=O) groups is 2. The molecule has 0 aromatic heterocycles. The van der Waals surface area contributed by atoms with Gasteiger partial charge in [0.2, 0.25) is 0 Å². The molecule has 2 aromatic carbocycles. The Hall–Kier alpha value is -3.93. The summed E-state index contributed by atoms with van der Waals surface area (Å²) in [7, 11) is 0. The molecule has 2 amide bonds. The minimum Gasteiger partial charge on any atom is -0.507 e. The SMILES string of the molecule is O=C(NCc1c(F)cc(F)cc1F)C1=CN2C(=C(O)C1O)C(=O)N1CCc3cc(F)c(F)cc3C2C1. The molecule has 188 valence electrons. The predicted octanol–water partition coefficient (Wildman–Crippen LogP) is 2.47. The first-order valence-corrected chi connectivity index (χ1v) is 10.9. The highest BCUT2D eigenvalue weighted by molar-refractivity contribution is 5.99. The summed E-state index contributed by atoms with van der Waals surface area (Å²) in [5.74, 6) is -8.31. The van der Waals surface area contributed by atoms with Crippen molar-refractivity contribution in [3.63, 3.8) is 0 Å². The summed E-state index contributed by atoms with van der Waals surface area (Å²) in [5.41, 5.74) is -0.660. The largest absolute Gasteiger partial charge is 0.507 e. The normalized spacial score (nSPS) is 21.1. The smallest absolute Gasteiger partial charge is 0.274 e. The standard InChI is InChI=1S/C24H18F5N3O4/c25-11-4-15(26)13(16(27)5-11)7-30-23(35)14-8-32-19-9-31(24(36)20(32)22(34)21(14)33)2-1-10-3-17(28)18(29)6-12(10)19/h3-6,8,19,21,33-34H,1-2,7,9H2,(H,30,35). The molecule has 0 saturated carbocycles. The van der Waals surface area contributed by atoms with E-state index < -0.39 is 76.5 Å². The second-order valence-electron chi connectivity index (χ2n) is 8.64. The molecule has 5 rings (SSSR count). The van der Waals surface area contributed by atoms with E-state index in [4.69, 9.17) is 0 Å². The molecule has 2 bridgehead atoms. The highest BCUT2D eigenvalue weighted by Crippen LogP contribution is 2.41. The van der Waals surface area contributed by atoms with Gasteiger partial charge >= 0.3 is 0 Å². The maximum absolute atomic E-state index is 14.1. The van der Waals surface area contributed by atoms with Crippen molar-refractivity contribution < 1.29 is 41.8 Å². The Morgan fingerprint density at radius 3 is 2.39 bits per heavy atom. The first kappa shape index (κ1) is 23.8. The van der Waals surface area contributed by atoms with E-state index >= 15 is 0 Å². The second-order valence-corrected chi connectivity index (χ2v) is 8.64. The quantitative estimate of drug-likeness (QED) is 0.556. The fraction of sp³-hybridized carbons (Fsp3) is 0.250. The lowest BCUT2D eigenvalue weighted by atomic mass is 9.93. The van der Waals surface area contributed by atoms with Gasteiger partial charge in [0.25, 0.3) is 11.8 Å². The van der Waals surface area contributed by atoms with Gasteiger partial charge in [-0.3, -0.25) is 9.59 Å². The van der Waals surface area contributed by atoms with Gasteiger partial charge in [0.05, 0.1) is 11.6 Å². The van der Waals surface area contributed by atoms with E-state index in [9.17, 15) is 41.8 Å². The van der Waals surface area contributed by atoms with Crippen LogP contribution in [-0.2, 0) is 22.6 Å². The Bertz CT molecular complexity index is 1350. The maximum Gasteiger partial charge on any atom is 0.274 e. The Morgan fingerprint density at radius 1 is 1.03 bits per heavy atom. The summed E-state index contributed by atoms with van der Waals surface area (Å²) in [6, 6.07) is 2.08. The van der Waals surface area contributed by atoms with E-state index in [1.807, 2.05) is 0 Å². The summed E-state index contributed by atoms with van der Waals surface area (Å²) in [6.45, 7) is -0.525. The second kappa shape index (κ2) is 8.63. The van der Waals surface area contributed by atoms with Crippen LogP contribution in [0.15, 0.2) is 47.5 Å². The van der Waals surface area contributed by atoms with Gasteiger partial charge in [-0.05, 0) is 29.7 Å². The van der Waals surface area contributed by atoms with Crippen LogP contribution >= 0.6 is 0 Å². The van der Waals surface area contributed by atoms with E-state index in [1.165, 1.54) is 9.80 Å². The zero-order chi connectivity index (χ0) is 25.9. The Kier molecular flexibility index (Phi) is 5.70. The minimum atomic E-state index is -1.95. The molecule has 36 heavy (non-hydrogen) atoms. The van der Waals surface area contributed by atoms with Crippen LogP contribution in [0.25, 0.3) is 0 Å². The van der Waals surface area contributed by atoms with Crippen LogP contribution in [0.5, 0.6) is 0 Å². The lowest BCUT2D eigenvalue weighted by Gasteiger charge is -2.43. The number of benzene rings is 2. The topological polar surface area (TPSA) is 93.1 Å². The summed E-state index contributed by atoms with van der Waals surface area (Å²) in [6.07, 6.45) is -0.651. The first-order valence-electron chi connectivity index (χ1n) is 10.9. The van der Waals surface area contributed by atoms with Gasteiger partial charge in [0, 0.05) is 43.5 Å². The lowest BCUT2D eigenvalue weighted by Crippen LogP contribution is -2.51. The molecular weight excluding hydrogens is 489 g/mol. The third-order valence-electron chi connectivity index (χ3n) is 6.54. The highest BCUT2D eigenvalue weighted by Gasteiger charge is 2.45. The van der Waals surface area contributed by atoms with E-state index in [2.05, 4.69) is 5.32 Å². The number of carbonyl (C=O) groups excluding carboxylic acids is 2. The summed E-state index contributed by atoms with van der Waals surface area (Å²) in [4.78, 5) is 28.4. The number of hydrogen-bond donors (Lipinski definition) is 3. The summed E-state index contributed by atoms with van der Waals surface area (Å²) >= 11 is 0. The van der Waals surface area contributed by atoms with Crippen molar-refractivity contribution in [2.75, 3.05) is 13.1 Å². The maximum atomic E-state index is 14.1. The third kappa shape index (κ3) is 3.77. The van der Waals surface area contributed by atoms with Gasteiger partial charge in [-0.2, -0.15) is 0 Å². The fourth-order valence-corrected chi connectivity index (χ4v) is 4.71. The van der Waals surface area contributed by atoms with Gasteiger partial charge in [0.15, 0.2) is 17.4 Å². The number of piperazine rings is 1. The number of hydrogen-bond acceptors (Lipinski definition) is 5. The zero-order valence-corrected chi connectivity index (χ0v) is 18.4. The minimum absolute atomic E-state index is 0.0290. The lowest BCUT2D eigenvalue weighted by molar-refractivity contribution is -0.133. The van der Waals surface area contributed by atoms with Crippen LogP contribution in [0.4, 0.5) is 22.0 Å². The van der Waals surface area contributed by atoms with Gasteiger partial charge < -0.3 is 25.3 Å². The number of nitrogens with zero attached hydrogens (tertiary/aromatic N) is 2. The fourth-order valence-electron chi connectivity index (χ4n) is 4.71. The highest BCUT2D eigenvalue weighted by atomic mass is 19.2. The number of fused-ring (bicyclic) bond motifs is 6. The summed E-state index contributed by atoms with van der Waals surface area (Å²) in [5, 5.41) is 23.5. The van der Waals surface area contributed by atoms with Crippen LogP contribution in [-0.4, -0.2) is 51.0 Å².